The number of aromatic nitrogens is 1. The summed E-state index contributed by atoms with van der Waals surface area (Å²) in [6.45, 7) is 2.10. The Bertz CT molecular complexity index is 717. The van der Waals surface area contributed by atoms with E-state index >= 15 is 0 Å². The third-order valence-electron chi connectivity index (χ3n) is 3.26. The maximum atomic E-state index is 5.14. The maximum absolute atomic E-state index is 5.14. The van der Waals surface area contributed by atoms with Crippen LogP contribution in [-0.2, 0) is 0 Å². The number of fused-ring (bicyclic) bond motifs is 1. The smallest absolute Gasteiger partial charge is 0.213 e. The maximum Gasteiger partial charge on any atom is 0.213 e. The molecule has 0 spiro atoms. The van der Waals surface area contributed by atoms with Gasteiger partial charge in [0.05, 0.1) is 12.6 Å². The molecule has 0 unspecified atom stereocenters. The minimum Gasteiger partial charge on any atom is -0.481 e. The predicted octanol–water partition coefficient (Wildman–Crippen LogP) is 4.22. The SMILES string of the molecule is COc1ccc2cc(-c3ccc(C)cc3)ccc2n1. The molecule has 2 aromatic carbocycles. The van der Waals surface area contributed by atoms with Crippen molar-refractivity contribution in [3.63, 3.8) is 0 Å². The molecule has 0 aliphatic heterocycles. The minimum atomic E-state index is 0.649. The van der Waals surface area contributed by atoms with Gasteiger partial charge in [0.25, 0.3) is 0 Å². The molecule has 0 saturated heterocycles. The fourth-order valence-corrected chi connectivity index (χ4v) is 2.15. The molecule has 0 N–H and O–H groups in total. The van der Waals surface area contributed by atoms with Crippen molar-refractivity contribution in [2.45, 2.75) is 6.92 Å². The molecule has 94 valence electrons. The van der Waals surface area contributed by atoms with Gasteiger partial charge in [0, 0.05) is 11.5 Å². The zero-order valence-electron chi connectivity index (χ0n) is 11.1. The van der Waals surface area contributed by atoms with Crippen molar-refractivity contribution in [1.82, 2.24) is 4.98 Å². The third-order valence-corrected chi connectivity index (χ3v) is 3.26. The van der Waals surface area contributed by atoms with Crippen molar-refractivity contribution < 1.29 is 4.74 Å². The second kappa shape index (κ2) is 4.73. The van der Waals surface area contributed by atoms with Crippen LogP contribution in [0.25, 0.3) is 22.0 Å². The summed E-state index contributed by atoms with van der Waals surface area (Å²) in [6, 6.07) is 18.8. The first-order chi connectivity index (χ1) is 9.26. The highest BCUT2D eigenvalue weighted by atomic mass is 16.5. The molecule has 2 nitrogen and oxygen atoms in total. The molecule has 0 aliphatic rings. The molecular formula is C17H15NO. The van der Waals surface area contributed by atoms with Crippen LogP contribution in [0.5, 0.6) is 5.88 Å². The Morgan fingerprint density at radius 2 is 1.58 bits per heavy atom. The number of nitrogens with zero attached hydrogens (tertiary/aromatic N) is 1. The molecular weight excluding hydrogens is 234 g/mol. The number of rotatable bonds is 2. The van der Waals surface area contributed by atoms with E-state index in [0.29, 0.717) is 5.88 Å². The molecule has 0 amide bonds. The summed E-state index contributed by atoms with van der Waals surface area (Å²) in [5.74, 6) is 0.649. The molecule has 2 heteroatoms. The van der Waals surface area contributed by atoms with Gasteiger partial charge in [0.2, 0.25) is 5.88 Å². The van der Waals surface area contributed by atoms with Gasteiger partial charge in [-0.2, -0.15) is 0 Å². The fourth-order valence-electron chi connectivity index (χ4n) is 2.15. The predicted molar refractivity (Wildman–Crippen MR) is 78.5 cm³/mol. The lowest BCUT2D eigenvalue weighted by atomic mass is 10.0. The molecule has 0 aliphatic carbocycles. The summed E-state index contributed by atoms with van der Waals surface area (Å²) >= 11 is 0. The number of aryl methyl sites for hydroxylation is 1. The normalized spacial score (nSPS) is 10.6. The van der Waals surface area contributed by atoms with E-state index in [4.69, 9.17) is 4.74 Å². The van der Waals surface area contributed by atoms with Gasteiger partial charge in [-0.15, -0.1) is 0 Å². The molecule has 0 bridgehead atoms. The number of ether oxygens (including phenoxy) is 1. The Kier molecular flexibility index (Phi) is 2.92. The van der Waals surface area contributed by atoms with Gasteiger partial charge in [-0.25, -0.2) is 4.98 Å². The summed E-state index contributed by atoms with van der Waals surface area (Å²) < 4.78 is 5.14. The van der Waals surface area contributed by atoms with Crippen molar-refractivity contribution in [2.75, 3.05) is 7.11 Å². The monoisotopic (exact) mass is 249 g/mol. The van der Waals surface area contributed by atoms with Crippen molar-refractivity contribution in [1.29, 1.82) is 0 Å². The highest BCUT2D eigenvalue weighted by molar-refractivity contribution is 5.84. The molecule has 3 aromatic rings. The van der Waals surface area contributed by atoms with Crippen molar-refractivity contribution in [2.24, 2.45) is 0 Å². The third kappa shape index (κ3) is 2.29. The number of hydrogen-bond donors (Lipinski definition) is 0. The average Bonchev–Trinajstić information content (AvgIpc) is 2.47. The molecule has 19 heavy (non-hydrogen) atoms. The zero-order valence-corrected chi connectivity index (χ0v) is 11.1. The lowest BCUT2D eigenvalue weighted by Gasteiger charge is -2.05. The van der Waals surface area contributed by atoms with E-state index in [0.717, 1.165) is 10.9 Å². The molecule has 3 rings (SSSR count). The van der Waals surface area contributed by atoms with E-state index in [9.17, 15) is 0 Å². The molecule has 0 atom stereocenters. The largest absolute Gasteiger partial charge is 0.481 e. The lowest BCUT2D eigenvalue weighted by molar-refractivity contribution is 0.399. The Balaban J connectivity index is 2.08. The van der Waals surface area contributed by atoms with Crippen molar-refractivity contribution >= 4 is 10.9 Å². The van der Waals surface area contributed by atoms with Crippen LogP contribution in [0.2, 0.25) is 0 Å². The summed E-state index contributed by atoms with van der Waals surface area (Å²) in [6.07, 6.45) is 0. The molecule has 0 radical (unpaired) electrons. The summed E-state index contributed by atoms with van der Waals surface area (Å²) in [5.41, 5.74) is 4.66. The number of pyridine rings is 1. The van der Waals surface area contributed by atoms with Gasteiger partial charge in [-0.1, -0.05) is 35.9 Å². The summed E-state index contributed by atoms with van der Waals surface area (Å²) in [5, 5.41) is 1.12. The van der Waals surface area contributed by atoms with E-state index in [1.54, 1.807) is 7.11 Å². The Labute approximate surface area is 112 Å². The molecule has 1 aromatic heterocycles. The van der Waals surface area contributed by atoms with Gasteiger partial charge in [-0.05, 0) is 36.2 Å². The summed E-state index contributed by atoms with van der Waals surface area (Å²) in [7, 11) is 1.63. The van der Waals surface area contributed by atoms with Crippen LogP contribution in [0.3, 0.4) is 0 Å². The fraction of sp³-hybridized carbons (Fsp3) is 0.118. The highest BCUT2D eigenvalue weighted by Crippen LogP contribution is 2.25. The van der Waals surface area contributed by atoms with Gasteiger partial charge >= 0.3 is 0 Å². The van der Waals surface area contributed by atoms with E-state index in [1.165, 1.54) is 16.7 Å². The van der Waals surface area contributed by atoms with E-state index in [-0.39, 0.29) is 0 Å². The Hall–Kier alpha value is -2.35. The van der Waals surface area contributed by atoms with Crippen molar-refractivity contribution in [3.05, 3.63) is 60.2 Å². The Morgan fingerprint density at radius 1 is 0.842 bits per heavy atom. The van der Waals surface area contributed by atoms with Crippen LogP contribution < -0.4 is 4.74 Å². The van der Waals surface area contributed by atoms with Gasteiger partial charge < -0.3 is 4.74 Å². The van der Waals surface area contributed by atoms with Crippen LogP contribution in [0.15, 0.2) is 54.6 Å². The number of methoxy groups -OCH3 is 1. The van der Waals surface area contributed by atoms with Crippen LogP contribution in [0.4, 0.5) is 0 Å². The van der Waals surface area contributed by atoms with Crippen LogP contribution in [-0.4, -0.2) is 12.1 Å². The van der Waals surface area contributed by atoms with Gasteiger partial charge in [0.1, 0.15) is 0 Å². The van der Waals surface area contributed by atoms with Crippen molar-refractivity contribution in [3.8, 4) is 17.0 Å². The number of benzene rings is 2. The quantitative estimate of drug-likeness (QED) is 0.678. The molecule has 1 heterocycles. The standard InChI is InChI=1S/C17H15NO/c1-12-3-5-13(6-4-12)14-7-9-16-15(11-14)8-10-17(18-16)19-2/h3-11H,1-2H3. The first kappa shape index (κ1) is 11.7. The van der Waals surface area contributed by atoms with Crippen LogP contribution in [0.1, 0.15) is 5.56 Å². The van der Waals surface area contributed by atoms with E-state index in [2.05, 4.69) is 48.3 Å². The Morgan fingerprint density at radius 3 is 2.32 bits per heavy atom. The summed E-state index contributed by atoms with van der Waals surface area (Å²) in [4.78, 5) is 4.42. The van der Waals surface area contributed by atoms with E-state index < -0.39 is 0 Å². The lowest BCUT2D eigenvalue weighted by Crippen LogP contribution is -1.88. The topological polar surface area (TPSA) is 22.1 Å². The van der Waals surface area contributed by atoms with Crippen LogP contribution in [0, 0.1) is 6.92 Å². The van der Waals surface area contributed by atoms with Gasteiger partial charge in [-0.3, -0.25) is 0 Å². The highest BCUT2D eigenvalue weighted by Gasteiger charge is 2.02. The molecule has 0 saturated carbocycles. The zero-order chi connectivity index (χ0) is 13.2. The minimum absolute atomic E-state index is 0.649. The second-order valence-electron chi connectivity index (χ2n) is 4.63. The van der Waals surface area contributed by atoms with E-state index in [1.807, 2.05) is 18.2 Å². The number of hydrogen-bond acceptors (Lipinski definition) is 2. The second-order valence-corrected chi connectivity index (χ2v) is 4.63. The first-order valence-electron chi connectivity index (χ1n) is 6.28. The first-order valence-corrected chi connectivity index (χ1v) is 6.28. The molecule has 0 fully saturated rings. The van der Waals surface area contributed by atoms with Crippen LogP contribution >= 0.6 is 0 Å². The average molecular weight is 249 g/mol. The van der Waals surface area contributed by atoms with Gasteiger partial charge in [0.15, 0.2) is 0 Å².